The third-order valence-corrected chi connectivity index (χ3v) is 2.94. The molecule has 0 aliphatic rings. The van der Waals surface area contributed by atoms with Crippen LogP contribution in [0.2, 0.25) is 5.02 Å². The van der Waals surface area contributed by atoms with Crippen LogP contribution >= 0.6 is 11.6 Å². The fourth-order valence-electron chi connectivity index (χ4n) is 1.57. The van der Waals surface area contributed by atoms with Crippen LogP contribution in [0.5, 0.6) is 5.75 Å². The molecular formula is C13H8ClFN2O4. The van der Waals surface area contributed by atoms with E-state index in [9.17, 15) is 24.4 Å². The van der Waals surface area contributed by atoms with Gasteiger partial charge >= 0.3 is 0 Å². The SMILES string of the molecule is O=C(Nc1cc([N+](=O)[O-])ccc1F)c1ccc(Cl)c(O)c1. The minimum absolute atomic E-state index is 0.0304. The minimum atomic E-state index is -0.813. The van der Waals surface area contributed by atoms with Crippen molar-refractivity contribution < 1.29 is 19.2 Å². The van der Waals surface area contributed by atoms with Crippen molar-refractivity contribution in [2.75, 3.05) is 5.32 Å². The summed E-state index contributed by atoms with van der Waals surface area (Å²) in [7, 11) is 0. The molecule has 0 aliphatic carbocycles. The zero-order valence-electron chi connectivity index (χ0n) is 10.3. The first kappa shape index (κ1) is 14.7. The first-order valence-electron chi connectivity index (χ1n) is 5.62. The smallest absolute Gasteiger partial charge is 0.271 e. The zero-order chi connectivity index (χ0) is 15.6. The average Bonchev–Trinajstić information content (AvgIpc) is 2.43. The molecule has 2 aromatic carbocycles. The van der Waals surface area contributed by atoms with Gasteiger partial charge in [-0.2, -0.15) is 0 Å². The van der Waals surface area contributed by atoms with E-state index in [1.165, 1.54) is 12.1 Å². The normalized spacial score (nSPS) is 10.2. The number of nitro benzene ring substituents is 1. The highest BCUT2D eigenvalue weighted by Crippen LogP contribution is 2.25. The van der Waals surface area contributed by atoms with E-state index in [4.69, 9.17) is 11.6 Å². The first-order valence-corrected chi connectivity index (χ1v) is 6.00. The summed E-state index contributed by atoms with van der Waals surface area (Å²) in [5, 5.41) is 22.3. The molecule has 2 aromatic rings. The molecule has 1 amide bonds. The predicted molar refractivity (Wildman–Crippen MR) is 74.1 cm³/mol. The van der Waals surface area contributed by atoms with E-state index in [0.717, 1.165) is 24.3 Å². The topological polar surface area (TPSA) is 92.5 Å². The van der Waals surface area contributed by atoms with Crippen LogP contribution in [0.1, 0.15) is 10.4 Å². The van der Waals surface area contributed by atoms with Gasteiger partial charge in [-0.15, -0.1) is 0 Å². The van der Waals surface area contributed by atoms with Crippen molar-refractivity contribution in [3.8, 4) is 5.75 Å². The number of hydrogen-bond acceptors (Lipinski definition) is 4. The van der Waals surface area contributed by atoms with Gasteiger partial charge in [-0.25, -0.2) is 4.39 Å². The Kier molecular flexibility index (Phi) is 4.04. The summed E-state index contributed by atoms with van der Waals surface area (Å²) in [6.07, 6.45) is 0. The van der Waals surface area contributed by atoms with Crippen molar-refractivity contribution in [3.05, 3.63) is 62.9 Å². The molecule has 0 atom stereocenters. The van der Waals surface area contributed by atoms with Gasteiger partial charge in [0.25, 0.3) is 11.6 Å². The lowest BCUT2D eigenvalue weighted by molar-refractivity contribution is -0.384. The largest absolute Gasteiger partial charge is 0.506 e. The van der Waals surface area contributed by atoms with Crippen molar-refractivity contribution in [3.63, 3.8) is 0 Å². The molecule has 0 spiro atoms. The van der Waals surface area contributed by atoms with E-state index < -0.39 is 16.6 Å². The van der Waals surface area contributed by atoms with Gasteiger partial charge in [0.1, 0.15) is 11.6 Å². The Hall–Kier alpha value is -2.67. The zero-order valence-corrected chi connectivity index (χ0v) is 11.1. The highest BCUT2D eigenvalue weighted by molar-refractivity contribution is 6.32. The number of amides is 1. The van der Waals surface area contributed by atoms with Crippen molar-refractivity contribution in [2.45, 2.75) is 0 Å². The Balaban J connectivity index is 2.28. The van der Waals surface area contributed by atoms with Gasteiger partial charge < -0.3 is 10.4 Å². The molecule has 0 fully saturated rings. The number of anilines is 1. The van der Waals surface area contributed by atoms with Crippen LogP contribution in [-0.4, -0.2) is 15.9 Å². The van der Waals surface area contributed by atoms with Crippen molar-refractivity contribution in [2.24, 2.45) is 0 Å². The highest BCUT2D eigenvalue weighted by atomic mass is 35.5. The Labute approximate surface area is 122 Å². The van der Waals surface area contributed by atoms with Crippen LogP contribution in [0.25, 0.3) is 0 Å². The summed E-state index contributed by atoms with van der Waals surface area (Å²) in [4.78, 5) is 21.8. The number of phenolic OH excluding ortho intramolecular Hbond substituents is 1. The fraction of sp³-hybridized carbons (Fsp3) is 0. The molecular weight excluding hydrogens is 303 g/mol. The number of non-ortho nitro benzene ring substituents is 1. The van der Waals surface area contributed by atoms with Crippen LogP contribution < -0.4 is 5.32 Å². The quantitative estimate of drug-likeness (QED) is 0.671. The first-order chi connectivity index (χ1) is 9.88. The number of hydrogen-bond donors (Lipinski definition) is 2. The molecule has 0 radical (unpaired) electrons. The molecule has 108 valence electrons. The number of nitrogens with zero attached hydrogens (tertiary/aromatic N) is 1. The summed E-state index contributed by atoms with van der Waals surface area (Å²) in [5.74, 6) is -1.85. The summed E-state index contributed by atoms with van der Waals surface area (Å²) in [6, 6.07) is 6.50. The molecule has 8 heteroatoms. The van der Waals surface area contributed by atoms with Crippen molar-refractivity contribution in [1.29, 1.82) is 0 Å². The maximum atomic E-state index is 13.5. The molecule has 2 N–H and O–H groups in total. The second-order valence-corrected chi connectivity index (χ2v) is 4.45. The van der Waals surface area contributed by atoms with Crippen molar-refractivity contribution in [1.82, 2.24) is 0 Å². The van der Waals surface area contributed by atoms with E-state index in [2.05, 4.69) is 5.32 Å². The van der Waals surface area contributed by atoms with Crippen LogP contribution in [0, 0.1) is 15.9 Å². The number of halogens is 2. The Bertz CT molecular complexity index is 736. The molecule has 0 aliphatic heterocycles. The number of carbonyl (C=O) groups is 1. The fourth-order valence-corrected chi connectivity index (χ4v) is 1.69. The summed E-state index contributed by atoms with van der Waals surface area (Å²) in [6.45, 7) is 0. The maximum absolute atomic E-state index is 13.5. The second kappa shape index (κ2) is 5.76. The molecule has 0 bridgehead atoms. The number of phenols is 1. The van der Waals surface area contributed by atoms with E-state index in [-0.39, 0.29) is 27.7 Å². The average molecular weight is 311 g/mol. The van der Waals surface area contributed by atoms with Gasteiger partial charge in [0.15, 0.2) is 0 Å². The molecule has 0 heterocycles. The lowest BCUT2D eigenvalue weighted by Crippen LogP contribution is -2.13. The monoisotopic (exact) mass is 310 g/mol. The van der Waals surface area contributed by atoms with Gasteiger partial charge in [0.05, 0.1) is 15.6 Å². The van der Waals surface area contributed by atoms with E-state index in [0.29, 0.717) is 0 Å². The number of rotatable bonds is 3. The van der Waals surface area contributed by atoms with E-state index in [1.807, 2.05) is 0 Å². The second-order valence-electron chi connectivity index (χ2n) is 4.04. The van der Waals surface area contributed by atoms with Crippen LogP contribution in [0.3, 0.4) is 0 Å². The highest BCUT2D eigenvalue weighted by Gasteiger charge is 2.15. The van der Waals surface area contributed by atoms with Gasteiger partial charge in [-0.1, -0.05) is 11.6 Å². The number of carbonyl (C=O) groups excluding carboxylic acids is 1. The van der Waals surface area contributed by atoms with E-state index in [1.54, 1.807) is 0 Å². The maximum Gasteiger partial charge on any atom is 0.271 e. The Morgan fingerprint density at radius 2 is 2.00 bits per heavy atom. The number of benzene rings is 2. The lowest BCUT2D eigenvalue weighted by atomic mass is 10.2. The minimum Gasteiger partial charge on any atom is -0.506 e. The Morgan fingerprint density at radius 3 is 2.62 bits per heavy atom. The van der Waals surface area contributed by atoms with Crippen LogP contribution in [0.4, 0.5) is 15.8 Å². The third-order valence-electron chi connectivity index (χ3n) is 2.62. The summed E-state index contributed by atoms with van der Waals surface area (Å²) < 4.78 is 13.5. The summed E-state index contributed by atoms with van der Waals surface area (Å²) >= 11 is 5.61. The van der Waals surface area contributed by atoms with E-state index >= 15 is 0 Å². The van der Waals surface area contributed by atoms with Crippen LogP contribution in [0.15, 0.2) is 36.4 Å². The van der Waals surface area contributed by atoms with Gasteiger partial charge in [0.2, 0.25) is 0 Å². The predicted octanol–water partition coefficient (Wildman–Crippen LogP) is 3.35. The standard InChI is InChI=1S/C13H8ClFN2O4/c14-9-3-1-7(5-12(9)18)13(19)16-11-6-8(17(20)21)2-4-10(11)15/h1-6,18H,(H,16,19). The summed E-state index contributed by atoms with van der Waals surface area (Å²) in [5.41, 5.74) is -0.655. The van der Waals surface area contributed by atoms with Crippen LogP contribution in [-0.2, 0) is 0 Å². The molecule has 0 saturated carbocycles. The number of nitrogens with one attached hydrogen (secondary N) is 1. The molecule has 6 nitrogen and oxygen atoms in total. The number of nitro groups is 1. The third kappa shape index (κ3) is 3.26. The lowest BCUT2D eigenvalue weighted by Gasteiger charge is -2.07. The molecule has 0 aromatic heterocycles. The van der Waals surface area contributed by atoms with Gasteiger partial charge in [-0.3, -0.25) is 14.9 Å². The van der Waals surface area contributed by atoms with Gasteiger partial charge in [-0.05, 0) is 24.3 Å². The van der Waals surface area contributed by atoms with Crippen molar-refractivity contribution >= 4 is 28.9 Å². The van der Waals surface area contributed by atoms with Gasteiger partial charge in [0, 0.05) is 17.7 Å². The Morgan fingerprint density at radius 1 is 1.29 bits per heavy atom. The molecule has 0 saturated heterocycles. The molecule has 21 heavy (non-hydrogen) atoms. The number of aromatic hydroxyl groups is 1. The molecule has 2 rings (SSSR count). The molecule has 0 unspecified atom stereocenters.